The van der Waals surface area contributed by atoms with Crippen LogP contribution in [-0.2, 0) is 6.18 Å². The van der Waals surface area contributed by atoms with Crippen LogP contribution in [0, 0.1) is 5.82 Å². The Kier molecular flexibility index (Phi) is 4.92. The molecule has 1 N–H and O–H groups in total. The molecule has 26 heavy (non-hydrogen) atoms. The third-order valence-corrected chi connectivity index (χ3v) is 3.92. The molecule has 0 radical (unpaired) electrons. The highest BCUT2D eigenvalue weighted by Gasteiger charge is 2.36. The highest BCUT2D eigenvalue weighted by molar-refractivity contribution is 5.88. The molecule has 1 fully saturated rings. The fourth-order valence-corrected chi connectivity index (χ4v) is 2.63. The zero-order chi connectivity index (χ0) is 18.7. The van der Waals surface area contributed by atoms with Crippen molar-refractivity contribution in [2.24, 2.45) is 0 Å². The number of amides is 2. The van der Waals surface area contributed by atoms with E-state index in [0.717, 1.165) is 12.3 Å². The topological polar surface area (TPSA) is 61.4 Å². The number of carbonyl (C=O) groups excluding carboxylic acids is 1. The summed E-state index contributed by atoms with van der Waals surface area (Å²) in [5.74, 6) is -0.462. The summed E-state index contributed by atoms with van der Waals surface area (Å²) in [6, 6.07) is 4.28. The monoisotopic (exact) mass is 369 g/mol. The number of urea groups is 1. The van der Waals surface area contributed by atoms with E-state index in [1.165, 1.54) is 34.2 Å². The van der Waals surface area contributed by atoms with Crippen LogP contribution in [0.2, 0.25) is 0 Å². The number of rotatable bonds is 2. The van der Waals surface area contributed by atoms with Crippen LogP contribution < -0.4 is 10.2 Å². The number of alkyl halides is 3. The van der Waals surface area contributed by atoms with Gasteiger partial charge in [-0.15, -0.1) is 0 Å². The van der Waals surface area contributed by atoms with E-state index in [1.54, 1.807) is 0 Å². The highest BCUT2D eigenvalue weighted by Crippen LogP contribution is 2.35. The molecule has 1 aliphatic rings. The molecule has 2 amide bonds. The summed E-state index contributed by atoms with van der Waals surface area (Å²) >= 11 is 0. The minimum absolute atomic E-state index is 0.139. The molecule has 0 saturated carbocycles. The fraction of sp³-hybridized carbons (Fsp3) is 0.312. The van der Waals surface area contributed by atoms with Crippen molar-refractivity contribution in [3.8, 4) is 0 Å². The summed E-state index contributed by atoms with van der Waals surface area (Å²) in [5.41, 5.74) is -0.798. The predicted molar refractivity (Wildman–Crippen MR) is 86.2 cm³/mol. The van der Waals surface area contributed by atoms with Crippen molar-refractivity contribution < 1.29 is 22.4 Å². The molecule has 2 aromatic rings. The summed E-state index contributed by atoms with van der Waals surface area (Å²) in [4.78, 5) is 22.7. The normalized spacial score (nSPS) is 15.1. The first-order chi connectivity index (χ1) is 12.3. The highest BCUT2D eigenvalue weighted by atomic mass is 19.4. The summed E-state index contributed by atoms with van der Waals surface area (Å²) in [6.45, 7) is 0.872. The Balaban J connectivity index is 1.63. The molecular formula is C16H15F4N5O. The van der Waals surface area contributed by atoms with Gasteiger partial charge in [0.1, 0.15) is 17.5 Å². The van der Waals surface area contributed by atoms with Gasteiger partial charge in [-0.25, -0.2) is 19.2 Å². The number of pyridine rings is 2. The molecule has 6 nitrogen and oxygen atoms in total. The van der Waals surface area contributed by atoms with Gasteiger partial charge in [-0.1, -0.05) is 0 Å². The second kappa shape index (κ2) is 7.14. The van der Waals surface area contributed by atoms with Crippen molar-refractivity contribution in [2.75, 3.05) is 36.4 Å². The first-order valence-corrected chi connectivity index (χ1v) is 7.79. The van der Waals surface area contributed by atoms with Crippen LogP contribution in [0.25, 0.3) is 0 Å². The minimum Gasteiger partial charge on any atom is -0.353 e. The number of anilines is 2. The lowest BCUT2D eigenvalue weighted by atomic mass is 10.2. The van der Waals surface area contributed by atoms with Crippen molar-refractivity contribution in [3.05, 3.63) is 48.0 Å². The largest absolute Gasteiger partial charge is 0.419 e. The first kappa shape index (κ1) is 17.9. The number of nitrogens with one attached hydrogen (secondary N) is 1. The standard InChI is InChI=1S/C16H15F4N5O/c17-11-3-4-13(22-10-11)23-15(26)25-8-6-24(7-9-25)14-12(16(18,19)20)2-1-5-21-14/h1-5,10H,6-9H2,(H,22,23,26). The Morgan fingerprint density at radius 2 is 1.81 bits per heavy atom. The van der Waals surface area contributed by atoms with Crippen LogP contribution in [0.5, 0.6) is 0 Å². The molecule has 0 unspecified atom stereocenters. The van der Waals surface area contributed by atoms with Crippen molar-refractivity contribution in [3.63, 3.8) is 0 Å². The van der Waals surface area contributed by atoms with E-state index in [1.807, 2.05) is 0 Å². The predicted octanol–water partition coefficient (Wildman–Crippen LogP) is 2.99. The van der Waals surface area contributed by atoms with Crippen LogP contribution in [0.3, 0.4) is 0 Å². The van der Waals surface area contributed by atoms with Gasteiger partial charge in [0.25, 0.3) is 0 Å². The molecule has 2 aromatic heterocycles. The Morgan fingerprint density at radius 1 is 1.08 bits per heavy atom. The van der Waals surface area contributed by atoms with Crippen LogP contribution in [-0.4, -0.2) is 47.1 Å². The van der Waals surface area contributed by atoms with E-state index >= 15 is 0 Å². The molecule has 1 aliphatic heterocycles. The number of hydrogen-bond acceptors (Lipinski definition) is 4. The van der Waals surface area contributed by atoms with Gasteiger partial charge in [0, 0.05) is 32.4 Å². The Labute approximate surface area is 146 Å². The number of carbonyl (C=O) groups is 1. The molecular weight excluding hydrogens is 354 g/mol. The molecule has 0 aliphatic carbocycles. The average molecular weight is 369 g/mol. The van der Waals surface area contributed by atoms with Gasteiger partial charge in [-0.2, -0.15) is 13.2 Å². The maximum Gasteiger partial charge on any atom is 0.419 e. The SMILES string of the molecule is O=C(Nc1ccc(F)cn1)N1CCN(c2ncccc2C(F)(F)F)CC1. The van der Waals surface area contributed by atoms with Crippen molar-refractivity contribution >= 4 is 17.7 Å². The van der Waals surface area contributed by atoms with Gasteiger partial charge in [-0.3, -0.25) is 5.32 Å². The Hall–Kier alpha value is -2.91. The zero-order valence-corrected chi connectivity index (χ0v) is 13.5. The lowest BCUT2D eigenvalue weighted by Gasteiger charge is -2.36. The number of piperazine rings is 1. The summed E-state index contributed by atoms with van der Waals surface area (Å²) in [7, 11) is 0. The number of halogens is 4. The van der Waals surface area contributed by atoms with Crippen LogP contribution in [0.4, 0.5) is 34.0 Å². The fourth-order valence-electron chi connectivity index (χ4n) is 2.63. The van der Waals surface area contributed by atoms with Gasteiger partial charge < -0.3 is 9.80 Å². The van der Waals surface area contributed by atoms with E-state index in [9.17, 15) is 22.4 Å². The third-order valence-electron chi connectivity index (χ3n) is 3.92. The zero-order valence-electron chi connectivity index (χ0n) is 13.5. The van der Waals surface area contributed by atoms with Gasteiger partial charge >= 0.3 is 12.2 Å². The molecule has 10 heteroatoms. The third kappa shape index (κ3) is 4.01. The molecule has 0 atom stereocenters. The van der Waals surface area contributed by atoms with Crippen molar-refractivity contribution in [1.29, 1.82) is 0 Å². The van der Waals surface area contributed by atoms with E-state index in [-0.39, 0.29) is 37.8 Å². The molecule has 3 heterocycles. The summed E-state index contributed by atoms with van der Waals surface area (Å²) in [5, 5.41) is 2.52. The van der Waals surface area contributed by atoms with Crippen molar-refractivity contribution in [2.45, 2.75) is 6.18 Å². The summed E-state index contributed by atoms with van der Waals surface area (Å²) in [6.07, 6.45) is -2.20. The Morgan fingerprint density at radius 3 is 2.42 bits per heavy atom. The van der Waals surface area contributed by atoms with Gasteiger partial charge in [0.15, 0.2) is 0 Å². The summed E-state index contributed by atoms with van der Waals surface area (Å²) < 4.78 is 52.1. The molecule has 1 saturated heterocycles. The molecule has 3 rings (SSSR count). The van der Waals surface area contributed by atoms with E-state index < -0.39 is 23.6 Å². The lowest BCUT2D eigenvalue weighted by Crippen LogP contribution is -2.50. The van der Waals surface area contributed by atoms with Gasteiger partial charge in [0.2, 0.25) is 0 Å². The second-order valence-electron chi connectivity index (χ2n) is 5.64. The van der Waals surface area contributed by atoms with Gasteiger partial charge in [-0.05, 0) is 24.3 Å². The van der Waals surface area contributed by atoms with Crippen LogP contribution >= 0.6 is 0 Å². The maximum atomic E-state index is 13.1. The quantitative estimate of drug-likeness (QED) is 0.827. The molecule has 0 spiro atoms. The van der Waals surface area contributed by atoms with E-state index in [0.29, 0.717) is 0 Å². The second-order valence-corrected chi connectivity index (χ2v) is 5.64. The van der Waals surface area contributed by atoms with E-state index in [4.69, 9.17) is 0 Å². The van der Waals surface area contributed by atoms with E-state index in [2.05, 4.69) is 15.3 Å². The average Bonchev–Trinajstić information content (AvgIpc) is 2.63. The lowest BCUT2D eigenvalue weighted by molar-refractivity contribution is -0.137. The molecule has 138 valence electrons. The van der Waals surface area contributed by atoms with Crippen molar-refractivity contribution in [1.82, 2.24) is 14.9 Å². The maximum absolute atomic E-state index is 13.1. The minimum atomic E-state index is -4.49. The number of aromatic nitrogens is 2. The first-order valence-electron chi connectivity index (χ1n) is 7.79. The number of hydrogen-bond donors (Lipinski definition) is 1. The van der Waals surface area contributed by atoms with Crippen LogP contribution in [0.1, 0.15) is 5.56 Å². The number of nitrogens with zero attached hydrogens (tertiary/aromatic N) is 4. The molecule has 0 bridgehead atoms. The molecule has 0 aromatic carbocycles. The van der Waals surface area contributed by atoms with Crippen LogP contribution in [0.15, 0.2) is 36.7 Å². The smallest absolute Gasteiger partial charge is 0.353 e. The Bertz CT molecular complexity index is 773. The van der Waals surface area contributed by atoms with Gasteiger partial charge in [0.05, 0.1) is 11.8 Å².